The number of rotatable bonds is 5. The van der Waals surface area contributed by atoms with Crippen LogP contribution in [-0.4, -0.2) is 25.1 Å². The van der Waals surface area contributed by atoms with Gasteiger partial charge in [-0.15, -0.1) is 0 Å². The summed E-state index contributed by atoms with van der Waals surface area (Å²) in [6.07, 6.45) is -2.08. The zero-order valence-corrected chi connectivity index (χ0v) is 13.6. The first-order valence-electron chi connectivity index (χ1n) is 7.40. The second-order valence-electron chi connectivity index (χ2n) is 5.09. The lowest BCUT2D eigenvalue weighted by atomic mass is 10.2. The zero-order valence-electron chi connectivity index (χ0n) is 13.6. The highest BCUT2D eigenvalue weighted by Gasteiger charge is 2.38. The number of hydrogen-bond acceptors (Lipinski definition) is 3. The number of ether oxygens (including phenoxy) is 1. The van der Waals surface area contributed by atoms with Crippen molar-refractivity contribution in [1.82, 2.24) is 0 Å². The molecular formula is C18H15F3N2O3. The predicted molar refractivity (Wildman–Crippen MR) is 91.8 cm³/mol. The fourth-order valence-electron chi connectivity index (χ4n) is 1.99. The van der Waals surface area contributed by atoms with Crippen molar-refractivity contribution >= 4 is 29.3 Å². The molecule has 0 heterocycles. The van der Waals surface area contributed by atoms with Crippen LogP contribution in [0.1, 0.15) is 5.56 Å². The molecule has 0 aliphatic heterocycles. The fourth-order valence-corrected chi connectivity index (χ4v) is 1.99. The van der Waals surface area contributed by atoms with E-state index in [9.17, 15) is 22.8 Å². The number of anilines is 2. The lowest BCUT2D eigenvalue weighted by Crippen LogP contribution is -2.29. The molecule has 136 valence electrons. The normalized spacial score (nSPS) is 11.2. The van der Waals surface area contributed by atoms with Gasteiger partial charge in [-0.1, -0.05) is 18.2 Å². The van der Waals surface area contributed by atoms with Gasteiger partial charge in [-0.25, -0.2) is 0 Å². The van der Waals surface area contributed by atoms with Gasteiger partial charge in [0.15, 0.2) is 0 Å². The molecule has 2 N–H and O–H groups in total. The third kappa shape index (κ3) is 5.37. The van der Waals surface area contributed by atoms with Crippen LogP contribution in [-0.2, 0) is 9.59 Å². The van der Waals surface area contributed by atoms with E-state index >= 15 is 0 Å². The van der Waals surface area contributed by atoms with Gasteiger partial charge in [-0.05, 0) is 36.4 Å². The number of halogens is 3. The van der Waals surface area contributed by atoms with E-state index in [0.717, 1.165) is 5.56 Å². The quantitative estimate of drug-likeness (QED) is 0.792. The van der Waals surface area contributed by atoms with Crippen LogP contribution in [0, 0.1) is 0 Å². The number of nitrogens with one attached hydrogen (secondary N) is 2. The number of amides is 2. The van der Waals surface area contributed by atoms with Gasteiger partial charge in [-0.3, -0.25) is 9.59 Å². The molecule has 0 saturated heterocycles. The number of carbonyl (C=O) groups is 2. The summed E-state index contributed by atoms with van der Waals surface area (Å²) in [4.78, 5) is 22.8. The first kappa shape index (κ1) is 19.0. The maximum atomic E-state index is 12.2. The molecule has 26 heavy (non-hydrogen) atoms. The Balaban J connectivity index is 1.97. The van der Waals surface area contributed by atoms with E-state index in [1.54, 1.807) is 35.7 Å². The van der Waals surface area contributed by atoms with Crippen molar-refractivity contribution in [3.63, 3.8) is 0 Å². The molecule has 5 nitrogen and oxygen atoms in total. The zero-order chi connectivity index (χ0) is 19.2. The van der Waals surface area contributed by atoms with Crippen LogP contribution in [0.3, 0.4) is 0 Å². The molecule has 2 amide bonds. The van der Waals surface area contributed by atoms with E-state index in [0.29, 0.717) is 11.4 Å². The number of carbonyl (C=O) groups excluding carboxylic acids is 2. The van der Waals surface area contributed by atoms with Gasteiger partial charge in [-0.2, -0.15) is 13.2 Å². The summed E-state index contributed by atoms with van der Waals surface area (Å²) < 4.78 is 41.7. The van der Waals surface area contributed by atoms with E-state index in [-0.39, 0.29) is 5.69 Å². The first-order chi connectivity index (χ1) is 12.3. The van der Waals surface area contributed by atoms with Gasteiger partial charge in [0.2, 0.25) is 5.91 Å². The van der Waals surface area contributed by atoms with Crippen molar-refractivity contribution in [2.45, 2.75) is 6.18 Å². The van der Waals surface area contributed by atoms with Crippen molar-refractivity contribution in [1.29, 1.82) is 0 Å². The van der Waals surface area contributed by atoms with E-state index in [2.05, 4.69) is 5.32 Å². The summed E-state index contributed by atoms with van der Waals surface area (Å²) in [5.74, 6) is -1.88. The molecule has 2 rings (SSSR count). The van der Waals surface area contributed by atoms with Crippen LogP contribution in [0.4, 0.5) is 24.5 Å². The lowest BCUT2D eigenvalue weighted by molar-refractivity contribution is -0.167. The Hall–Kier alpha value is -3.29. The van der Waals surface area contributed by atoms with E-state index in [1.807, 2.05) is 0 Å². The smallest absolute Gasteiger partial charge is 0.471 e. The number of benzene rings is 2. The average Bonchev–Trinajstić information content (AvgIpc) is 2.61. The summed E-state index contributed by atoms with van der Waals surface area (Å²) in [5.41, 5.74) is 1.05. The second-order valence-corrected chi connectivity index (χ2v) is 5.09. The van der Waals surface area contributed by atoms with Crippen LogP contribution in [0.15, 0.2) is 54.6 Å². The van der Waals surface area contributed by atoms with Crippen LogP contribution >= 0.6 is 0 Å². The summed E-state index contributed by atoms with van der Waals surface area (Å²) >= 11 is 0. The molecule has 0 radical (unpaired) electrons. The van der Waals surface area contributed by atoms with Crippen molar-refractivity contribution < 1.29 is 27.5 Å². The number of methoxy groups -OCH3 is 1. The Morgan fingerprint density at radius 3 is 2.12 bits per heavy atom. The third-order valence-electron chi connectivity index (χ3n) is 3.22. The maximum Gasteiger partial charge on any atom is 0.471 e. The number of para-hydroxylation sites is 1. The summed E-state index contributed by atoms with van der Waals surface area (Å²) in [6.45, 7) is 0. The van der Waals surface area contributed by atoms with Crippen molar-refractivity contribution in [3.05, 3.63) is 60.2 Å². The Bertz CT molecular complexity index is 815. The molecule has 0 aliphatic carbocycles. The highest BCUT2D eigenvalue weighted by Crippen LogP contribution is 2.20. The van der Waals surface area contributed by atoms with E-state index in [1.165, 1.54) is 37.5 Å². The average molecular weight is 364 g/mol. The van der Waals surface area contributed by atoms with Crippen LogP contribution in [0.25, 0.3) is 6.08 Å². The predicted octanol–water partition coefficient (Wildman–Crippen LogP) is 3.85. The molecule has 0 bridgehead atoms. The molecule has 0 fully saturated rings. The molecule has 0 unspecified atom stereocenters. The highest BCUT2D eigenvalue weighted by molar-refractivity contribution is 6.02. The van der Waals surface area contributed by atoms with Crippen molar-refractivity contribution in [2.24, 2.45) is 0 Å². The van der Waals surface area contributed by atoms with Gasteiger partial charge < -0.3 is 15.4 Å². The molecule has 2 aromatic carbocycles. The Labute approximate surface area is 147 Å². The van der Waals surface area contributed by atoms with Gasteiger partial charge in [0.25, 0.3) is 0 Å². The highest BCUT2D eigenvalue weighted by atomic mass is 19.4. The first-order valence-corrected chi connectivity index (χ1v) is 7.40. The molecule has 0 saturated carbocycles. The molecule has 0 aromatic heterocycles. The van der Waals surface area contributed by atoms with Gasteiger partial charge in [0, 0.05) is 23.0 Å². The number of alkyl halides is 3. The Morgan fingerprint density at radius 1 is 0.962 bits per heavy atom. The van der Waals surface area contributed by atoms with Gasteiger partial charge in [0.05, 0.1) is 7.11 Å². The minimum Gasteiger partial charge on any atom is -0.496 e. The van der Waals surface area contributed by atoms with E-state index < -0.39 is 18.0 Å². The standard InChI is InChI=1S/C18H15F3N2O3/c1-26-15-5-3-2-4-12(15)6-11-16(24)22-13-7-9-14(10-8-13)23-17(25)18(19,20)21/h2-11H,1H3,(H,22,24)(H,23,25)/b11-6+. The molecule has 2 aromatic rings. The van der Waals surface area contributed by atoms with Crippen molar-refractivity contribution in [2.75, 3.05) is 17.7 Å². The van der Waals surface area contributed by atoms with Crippen LogP contribution in [0.5, 0.6) is 5.75 Å². The summed E-state index contributed by atoms with van der Waals surface area (Å²) in [7, 11) is 1.52. The van der Waals surface area contributed by atoms with E-state index in [4.69, 9.17) is 4.74 Å². The maximum absolute atomic E-state index is 12.2. The van der Waals surface area contributed by atoms with Gasteiger partial charge in [0.1, 0.15) is 5.75 Å². The van der Waals surface area contributed by atoms with Crippen LogP contribution < -0.4 is 15.4 Å². The number of hydrogen-bond donors (Lipinski definition) is 2. The fraction of sp³-hybridized carbons (Fsp3) is 0.111. The molecule has 0 atom stereocenters. The summed E-state index contributed by atoms with van der Waals surface area (Å²) in [5, 5.41) is 4.28. The van der Waals surface area contributed by atoms with Crippen molar-refractivity contribution in [3.8, 4) is 5.75 Å². The molecule has 0 aliphatic rings. The SMILES string of the molecule is COc1ccccc1/C=C/C(=O)Nc1ccc(NC(=O)C(F)(F)F)cc1. The topological polar surface area (TPSA) is 67.4 Å². The third-order valence-corrected chi connectivity index (χ3v) is 3.22. The molecule has 0 spiro atoms. The monoisotopic (exact) mass is 364 g/mol. The van der Waals surface area contributed by atoms with Gasteiger partial charge >= 0.3 is 12.1 Å². The minimum atomic E-state index is -4.96. The lowest BCUT2D eigenvalue weighted by Gasteiger charge is -2.09. The minimum absolute atomic E-state index is 0.0325. The molecular weight excluding hydrogens is 349 g/mol. The Morgan fingerprint density at radius 2 is 1.54 bits per heavy atom. The van der Waals surface area contributed by atoms with Crippen LogP contribution in [0.2, 0.25) is 0 Å². The summed E-state index contributed by atoms with van der Waals surface area (Å²) in [6, 6.07) is 12.4. The largest absolute Gasteiger partial charge is 0.496 e. The molecule has 8 heteroatoms. The second kappa shape index (κ2) is 8.19. The Kier molecular flexibility index (Phi) is 6.00.